The first-order valence-electron chi connectivity index (χ1n) is 11.0. The summed E-state index contributed by atoms with van der Waals surface area (Å²) in [7, 11) is 0. The fraction of sp³-hybridized carbons (Fsp3) is 0.375. The summed E-state index contributed by atoms with van der Waals surface area (Å²) in [6, 6.07) is 14.3. The van der Waals surface area contributed by atoms with Gasteiger partial charge in [-0.05, 0) is 55.5 Å². The zero-order chi connectivity index (χ0) is 22.3. The number of carbonyl (C=O) groups is 1. The van der Waals surface area contributed by atoms with Gasteiger partial charge in [0, 0.05) is 41.7 Å². The Morgan fingerprint density at radius 2 is 1.81 bits per heavy atom. The van der Waals surface area contributed by atoms with Crippen LogP contribution in [0.2, 0.25) is 5.02 Å². The highest BCUT2D eigenvalue weighted by atomic mass is 35.5. The Kier molecular flexibility index (Phi) is 5.47. The van der Waals surface area contributed by atoms with E-state index in [0.717, 1.165) is 30.7 Å². The average Bonchev–Trinajstić information content (AvgIpc) is 3.25. The van der Waals surface area contributed by atoms with Gasteiger partial charge < -0.3 is 15.2 Å². The molecule has 0 radical (unpaired) electrons. The van der Waals surface area contributed by atoms with Crippen LogP contribution in [0, 0.1) is 5.82 Å². The molecular formula is C24H25ClFN5O. The summed E-state index contributed by atoms with van der Waals surface area (Å²) in [6.07, 6.45) is 3.56. The predicted octanol–water partition coefficient (Wildman–Crippen LogP) is 4.03. The molecule has 5 rings (SSSR count). The highest BCUT2D eigenvalue weighted by Crippen LogP contribution is 2.41. The number of amides is 1. The molecule has 1 fully saturated rings. The average molecular weight is 454 g/mol. The number of carbonyl (C=O) groups excluding carboxylic acids is 1. The number of hydrogen-bond donors (Lipinski definition) is 1. The summed E-state index contributed by atoms with van der Waals surface area (Å²) in [6.45, 7) is 1.73. The van der Waals surface area contributed by atoms with Crippen molar-refractivity contribution in [3.05, 3.63) is 70.8 Å². The van der Waals surface area contributed by atoms with Crippen LogP contribution in [0.3, 0.4) is 0 Å². The standard InChI is InChI=1S/C24H25ClFN5O/c25-18-5-2-4-17(14-18)24(15-27)9-7-20(8-10-24)30-11-12-31-21(28-29-22(31)23(30)32)16-3-1-6-19(26)13-16/h1-6,13-14,20H,7-12,15,27H2/t20-,24-. The van der Waals surface area contributed by atoms with Crippen LogP contribution in [0.15, 0.2) is 48.5 Å². The summed E-state index contributed by atoms with van der Waals surface area (Å²) in [5, 5.41) is 9.07. The number of nitrogens with two attached hydrogens (primary N) is 1. The van der Waals surface area contributed by atoms with E-state index in [1.807, 2.05) is 23.1 Å². The second-order valence-electron chi connectivity index (χ2n) is 8.73. The number of aromatic nitrogens is 3. The molecule has 0 bridgehead atoms. The summed E-state index contributed by atoms with van der Waals surface area (Å²) in [5.41, 5.74) is 7.92. The number of fused-ring (bicyclic) bond motifs is 1. The number of benzene rings is 2. The second kappa shape index (κ2) is 8.30. The molecule has 1 aliphatic heterocycles. The summed E-state index contributed by atoms with van der Waals surface area (Å²) >= 11 is 6.23. The van der Waals surface area contributed by atoms with Gasteiger partial charge in [-0.3, -0.25) is 4.79 Å². The Morgan fingerprint density at radius 1 is 1.06 bits per heavy atom. The molecule has 1 aliphatic carbocycles. The fourth-order valence-corrected chi connectivity index (χ4v) is 5.39. The lowest BCUT2D eigenvalue weighted by Gasteiger charge is -2.44. The van der Waals surface area contributed by atoms with Gasteiger partial charge in [0.15, 0.2) is 5.82 Å². The molecule has 0 saturated heterocycles. The van der Waals surface area contributed by atoms with Crippen molar-refractivity contribution in [2.24, 2.45) is 5.73 Å². The smallest absolute Gasteiger partial charge is 0.292 e. The van der Waals surface area contributed by atoms with E-state index >= 15 is 0 Å². The van der Waals surface area contributed by atoms with Crippen LogP contribution >= 0.6 is 11.6 Å². The van der Waals surface area contributed by atoms with Crippen molar-refractivity contribution in [2.45, 2.75) is 43.7 Å². The maximum absolute atomic E-state index is 13.7. The maximum Gasteiger partial charge on any atom is 0.292 e. The van der Waals surface area contributed by atoms with Gasteiger partial charge in [-0.25, -0.2) is 4.39 Å². The van der Waals surface area contributed by atoms with E-state index in [2.05, 4.69) is 16.3 Å². The lowest BCUT2D eigenvalue weighted by Crippen LogP contribution is -2.50. The van der Waals surface area contributed by atoms with E-state index in [4.69, 9.17) is 17.3 Å². The minimum Gasteiger partial charge on any atom is -0.331 e. The highest BCUT2D eigenvalue weighted by Gasteiger charge is 2.40. The zero-order valence-corrected chi connectivity index (χ0v) is 18.4. The molecule has 6 nitrogen and oxygen atoms in total. The topological polar surface area (TPSA) is 77.0 Å². The van der Waals surface area contributed by atoms with Gasteiger partial charge in [0.05, 0.1) is 0 Å². The van der Waals surface area contributed by atoms with Crippen molar-refractivity contribution in [2.75, 3.05) is 13.1 Å². The van der Waals surface area contributed by atoms with Crippen LogP contribution < -0.4 is 5.73 Å². The van der Waals surface area contributed by atoms with Crippen LogP contribution in [0.1, 0.15) is 41.9 Å². The van der Waals surface area contributed by atoms with Crippen LogP contribution in [0.25, 0.3) is 11.4 Å². The molecule has 1 aromatic heterocycles. The van der Waals surface area contributed by atoms with Gasteiger partial charge in [0.2, 0.25) is 5.82 Å². The molecule has 0 atom stereocenters. The predicted molar refractivity (Wildman–Crippen MR) is 121 cm³/mol. The number of halogens is 2. The van der Waals surface area contributed by atoms with E-state index in [1.165, 1.54) is 17.7 Å². The van der Waals surface area contributed by atoms with Gasteiger partial charge in [-0.2, -0.15) is 0 Å². The fourth-order valence-electron chi connectivity index (χ4n) is 5.20. The van der Waals surface area contributed by atoms with E-state index in [0.29, 0.717) is 36.8 Å². The van der Waals surface area contributed by atoms with Crippen molar-refractivity contribution >= 4 is 17.5 Å². The van der Waals surface area contributed by atoms with E-state index in [-0.39, 0.29) is 23.2 Å². The third kappa shape index (κ3) is 3.59. The van der Waals surface area contributed by atoms with Gasteiger partial charge in [0.25, 0.3) is 5.91 Å². The summed E-state index contributed by atoms with van der Waals surface area (Å²) in [4.78, 5) is 15.2. The van der Waals surface area contributed by atoms with Crippen molar-refractivity contribution in [1.29, 1.82) is 0 Å². The summed E-state index contributed by atoms with van der Waals surface area (Å²) < 4.78 is 15.5. The van der Waals surface area contributed by atoms with Gasteiger partial charge in [-0.15, -0.1) is 10.2 Å². The van der Waals surface area contributed by atoms with E-state index in [9.17, 15) is 9.18 Å². The minimum absolute atomic E-state index is 0.106. The van der Waals surface area contributed by atoms with Crippen LogP contribution in [0.4, 0.5) is 4.39 Å². The molecule has 8 heteroatoms. The van der Waals surface area contributed by atoms with Crippen molar-refractivity contribution in [1.82, 2.24) is 19.7 Å². The Bertz CT molecular complexity index is 1150. The first kappa shape index (κ1) is 21.1. The van der Waals surface area contributed by atoms with Crippen LogP contribution in [-0.2, 0) is 12.0 Å². The molecular weight excluding hydrogens is 429 g/mol. The molecule has 0 unspecified atom stereocenters. The molecule has 2 N–H and O–H groups in total. The number of hydrogen-bond acceptors (Lipinski definition) is 4. The Morgan fingerprint density at radius 3 is 2.53 bits per heavy atom. The van der Waals surface area contributed by atoms with Crippen LogP contribution in [-0.4, -0.2) is 44.7 Å². The second-order valence-corrected chi connectivity index (χ2v) is 9.17. The third-order valence-corrected chi connectivity index (χ3v) is 7.27. The first-order valence-corrected chi connectivity index (χ1v) is 11.3. The molecule has 1 saturated carbocycles. The quantitative estimate of drug-likeness (QED) is 0.647. The maximum atomic E-state index is 13.7. The van der Waals surface area contributed by atoms with E-state index in [1.54, 1.807) is 16.7 Å². The molecule has 1 amide bonds. The molecule has 2 aromatic carbocycles. The Balaban J connectivity index is 1.34. The lowest BCUT2D eigenvalue weighted by atomic mass is 9.68. The minimum atomic E-state index is -0.339. The Hall–Kier alpha value is -2.77. The van der Waals surface area contributed by atoms with Crippen molar-refractivity contribution < 1.29 is 9.18 Å². The summed E-state index contributed by atoms with van der Waals surface area (Å²) in [5.74, 6) is 0.397. The zero-order valence-electron chi connectivity index (χ0n) is 17.7. The van der Waals surface area contributed by atoms with Crippen LogP contribution in [0.5, 0.6) is 0 Å². The largest absolute Gasteiger partial charge is 0.331 e. The lowest BCUT2D eigenvalue weighted by molar-refractivity contribution is 0.0523. The number of nitrogens with zero attached hydrogens (tertiary/aromatic N) is 4. The van der Waals surface area contributed by atoms with Gasteiger partial charge in [0.1, 0.15) is 5.82 Å². The first-order chi connectivity index (χ1) is 15.5. The third-order valence-electron chi connectivity index (χ3n) is 7.03. The normalized spacial score (nSPS) is 23.3. The van der Waals surface area contributed by atoms with Gasteiger partial charge >= 0.3 is 0 Å². The van der Waals surface area contributed by atoms with Crippen molar-refractivity contribution in [3.63, 3.8) is 0 Å². The molecule has 166 valence electrons. The monoisotopic (exact) mass is 453 g/mol. The van der Waals surface area contributed by atoms with E-state index < -0.39 is 0 Å². The number of rotatable bonds is 4. The molecule has 3 aromatic rings. The molecule has 2 heterocycles. The Labute approximate surface area is 191 Å². The molecule has 0 spiro atoms. The SMILES string of the molecule is NC[C@]1(c2cccc(Cl)c2)CC[C@H](N2CCn3c(nnc3-c3cccc(F)c3)C2=O)CC1. The molecule has 2 aliphatic rings. The molecule has 32 heavy (non-hydrogen) atoms. The highest BCUT2D eigenvalue weighted by molar-refractivity contribution is 6.30. The van der Waals surface area contributed by atoms with Crippen molar-refractivity contribution in [3.8, 4) is 11.4 Å². The van der Waals surface area contributed by atoms with Gasteiger partial charge in [-0.1, -0.05) is 35.9 Å².